The van der Waals surface area contributed by atoms with E-state index in [9.17, 15) is 0 Å². The monoisotopic (exact) mass is 256 g/mol. The van der Waals surface area contributed by atoms with Crippen molar-refractivity contribution in [3.63, 3.8) is 0 Å². The van der Waals surface area contributed by atoms with Crippen LogP contribution < -0.4 is 4.90 Å². The minimum Gasteiger partial charge on any atom is -0.354 e. The lowest BCUT2D eigenvalue weighted by molar-refractivity contribution is 0.133. The summed E-state index contributed by atoms with van der Waals surface area (Å²) in [7, 11) is 0. The molecular weight excluding hydrogens is 236 g/mol. The zero-order valence-corrected chi connectivity index (χ0v) is 11.5. The first-order valence-corrected chi connectivity index (χ1v) is 7.14. The Bertz CT molecular complexity index is 505. The number of anilines is 1. The van der Waals surface area contributed by atoms with Crippen molar-refractivity contribution in [3.05, 3.63) is 23.4 Å². The number of hydrogen-bond donors (Lipinski definition) is 0. The molecule has 1 unspecified atom stereocenters. The Balaban J connectivity index is 1.79. The van der Waals surface area contributed by atoms with Gasteiger partial charge in [0.1, 0.15) is 5.82 Å². The Labute approximate surface area is 114 Å². The van der Waals surface area contributed by atoms with Gasteiger partial charge in [0, 0.05) is 31.4 Å². The Kier molecular flexibility index (Phi) is 3.39. The molecule has 19 heavy (non-hydrogen) atoms. The van der Waals surface area contributed by atoms with E-state index in [1.165, 1.54) is 25.8 Å². The molecule has 3 heterocycles. The highest BCUT2D eigenvalue weighted by Crippen LogP contribution is 2.24. The standard InChI is InChI=1S/C15H20N4/c1-12-8-13(10-16)9-15(17-12)19-7-6-18-5-3-2-4-14(18)11-19/h8-9,14H,2-7,11H2,1H3. The van der Waals surface area contributed by atoms with E-state index in [0.717, 1.165) is 31.1 Å². The lowest BCUT2D eigenvalue weighted by Crippen LogP contribution is -2.55. The molecule has 0 amide bonds. The molecule has 0 radical (unpaired) electrons. The fraction of sp³-hybridized carbons (Fsp3) is 0.600. The van der Waals surface area contributed by atoms with Crippen LogP contribution in [0.2, 0.25) is 0 Å². The average molecular weight is 256 g/mol. The van der Waals surface area contributed by atoms with Crippen molar-refractivity contribution in [3.8, 4) is 6.07 Å². The highest BCUT2D eigenvalue weighted by molar-refractivity contribution is 5.47. The molecule has 1 aromatic heterocycles. The number of nitrogens with zero attached hydrogens (tertiary/aromatic N) is 4. The van der Waals surface area contributed by atoms with Gasteiger partial charge < -0.3 is 4.90 Å². The Morgan fingerprint density at radius 3 is 3.00 bits per heavy atom. The summed E-state index contributed by atoms with van der Waals surface area (Å²) in [6.07, 6.45) is 3.99. The molecule has 0 N–H and O–H groups in total. The molecule has 0 spiro atoms. The molecule has 2 saturated heterocycles. The number of rotatable bonds is 1. The van der Waals surface area contributed by atoms with Gasteiger partial charge in [0.15, 0.2) is 0 Å². The van der Waals surface area contributed by atoms with Crippen molar-refractivity contribution in [1.29, 1.82) is 5.26 Å². The van der Waals surface area contributed by atoms with Gasteiger partial charge in [-0.1, -0.05) is 6.42 Å². The summed E-state index contributed by atoms with van der Waals surface area (Å²) in [5.74, 6) is 0.974. The Hall–Kier alpha value is -1.60. The van der Waals surface area contributed by atoms with Gasteiger partial charge in [0.25, 0.3) is 0 Å². The van der Waals surface area contributed by atoms with Crippen LogP contribution in [0.1, 0.15) is 30.5 Å². The Morgan fingerprint density at radius 1 is 1.26 bits per heavy atom. The summed E-state index contributed by atoms with van der Waals surface area (Å²) < 4.78 is 0. The number of pyridine rings is 1. The first-order chi connectivity index (χ1) is 9.26. The zero-order valence-electron chi connectivity index (χ0n) is 11.5. The zero-order chi connectivity index (χ0) is 13.2. The first-order valence-electron chi connectivity index (χ1n) is 7.14. The number of aryl methyl sites for hydroxylation is 1. The van der Waals surface area contributed by atoms with Crippen molar-refractivity contribution in [2.75, 3.05) is 31.1 Å². The number of nitriles is 1. The third-order valence-electron chi connectivity index (χ3n) is 4.23. The second-order valence-electron chi connectivity index (χ2n) is 5.60. The van der Waals surface area contributed by atoms with Gasteiger partial charge in [-0.15, -0.1) is 0 Å². The van der Waals surface area contributed by atoms with Gasteiger partial charge in [-0.25, -0.2) is 4.98 Å². The minimum atomic E-state index is 0.676. The van der Waals surface area contributed by atoms with Crippen LogP contribution in [0.4, 0.5) is 5.82 Å². The van der Waals surface area contributed by atoms with Crippen LogP contribution in [-0.4, -0.2) is 42.1 Å². The van der Waals surface area contributed by atoms with Crippen LogP contribution in [0.25, 0.3) is 0 Å². The van der Waals surface area contributed by atoms with E-state index in [0.29, 0.717) is 11.6 Å². The summed E-state index contributed by atoms with van der Waals surface area (Å²) in [6.45, 7) is 6.42. The molecule has 0 bridgehead atoms. The molecule has 0 saturated carbocycles. The van der Waals surface area contributed by atoms with E-state index in [1.807, 2.05) is 19.1 Å². The van der Waals surface area contributed by atoms with E-state index in [2.05, 4.69) is 20.9 Å². The third-order valence-corrected chi connectivity index (χ3v) is 4.23. The molecular formula is C15H20N4. The highest BCUT2D eigenvalue weighted by Gasteiger charge is 2.29. The highest BCUT2D eigenvalue weighted by atomic mass is 15.3. The maximum Gasteiger partial charge on any atom is 0.130 e. The van der Waals surface area contributed by atoms with Crippen LogP contribution in [0, 0.1) is 18.3 Å². The molecule has 1 atom stereocenters. The molecule has 0 aromatic carbocycles. The maximum atomic E-state index is 9.07. The molecule has 0 aliphatic carbocycles. The van der Waals surface area contributed by atoms with Crippen LogP contribution in [0.3, 0.4) is 0 Å². The molecule has 4 heteroatoms. The smallest absolute Gasteiger partial charge is 0.130 e. The number of fused-ring (bicyclic) bond motifs is 1. The fourth-order valence-corrected chi connectivity index (χ4v) is 3.24. The number of piperazine rings is 1. The molecule has 2 aliphatic rings. The summed E-state index contributed by atoms with van der Waals surface area (Å²) >= 11 is 0. The van der Waals surface area contributed by atoms with E-state index < -0.39 is 0 Å². The first kappa shape index (κ1) is 12.4. The molecule has 3 rings (SSSR count). The molecule has 2 aliphatic heterocycles. The summed E-state index contributed by atoms with van der Waals surface area (Å²) in [4.78, 5) is 9.56. The topological polar surface area (TPSA) is 43.2 Å². The van der Waals surface area contributed by atoms with Crippen LogP contribution in [0.15, 0.2) is 12.1 Å². The number of piperidine rings is 1. The van der Waals surface area contributed by atoms with E-state index in [4.69, 9.17) is 5.26 Å². The van der Waals surface area contributed by atoms with E-state index in [-0.39, 0.29) is 0 Å². The molecule has 1 aromatic rings. The fourth-order valence-electron chi connectivity index (χ4n) is 3.24. The molecule has 4 nitrogen and oxygen atoms in total. The summed E-state index contributed by atoms with van der Waals surface area (Å²) in [5.41, 5.74) is 1.65. The lowest BCUT2D eigenvalue weighted by Gasteiger charge is -2.44. The van der Waals surface area contributed by atoms with E-state index in [1.54, 1.807) is 0 Å². The molecule has 2 fully saturated rings. The normalized spacial score (nSPS) is 23.8. The van der Waals surface area contributed by atoms with Gasteiger partial charge in [-0.2, -0.15) is 5.26 Å². The van der Waals surface area contributed by atoms with Crippen LogP contribution >= 0.6 is 0 Å². The van der Waals surface area contributed by atoms with Gasteiger partial charge in [0.05, 0.1) is 11.6 Å². The average Bonchev–Trinajstić information content (AvgIpc) is 2.46. The van der Waals surface area contributed by atoms with Crippen molar-refractivity contribution in [2.45, 2.75) is 32.2 Å². The third kappa shape index (κ3) is 2.57. The van der Waals surface area contributed by atoms with Crippen molar-refractivity contribution in [2.24, 2.45) is 0 Å². The Morgan fingerprint density at radius 2 is 2.16 bits per heavy atom. The number of aromatic nitrogens is 1. The van der Waals surface area contributed by atoms with Gasteiger partial charge in [-0.3, -0.25) is 4.90 Å². The maximum absolute atomic E-state index is 9.07. The largest absolute Gasteiger partial charge is 0.354 e. The van der Waals surface area contributed by atoms with Crippen molar-refractivity contribution < 1.29 is 0 Å². The predicted octanol–water partition coefficient (Wildman–Crippen LogP) is 1.94. The van der Waals surface area contributed by atoms with Gasteiger partial charge in [-0.05, 0) is 38.4 Å². The van der Waals surface area contributed by atoms with Gasteiger partial charge in [0.2, 0.25) is 0 Å². The second kappa shape index (κ2) is 5.18. The van der Waals surface area contributed by atoms with E-state index >= 15 is 0 Å². The number of hydrogen-bond acceptors (Lipinski definition) is 4. The minimum absolute atomic E-state index is 0.676. The van der Waals surface area contributed by atoms with Crippen LogP contribution in [0.5, 0.6) is 0 Å². The predicted molar refractivity (Wildman–Crippen MR) is 75.1 cm³/mol. The SMILES string of the molecule is Cc1cc(C#N)cc(N2CCN3CCCCC3C2)n1. The quantitative estimate of drug-likeness (QED) is 0.770. The van der Waals surface area contributed by atoms with Crippen molar-refractivity contribution in [1.82, 2.24) is 9.88 Å². The van der Waals surface area contributed by atoms with Crippen molar-refractivity contribution >= 4 is 5.82 Å². The lowest BCUT2D eigenvalue weighted by atomic mass is 9.99. The summed E-state index contributed by atoms with van der Waals surface area (Å²) in [5, 5.41) is 9.07. The summed E-state index contributed by atoms with van der Waals surface area (Å²) in [6, 6.07) is 6.67. The molecule has 100 valence electrons. The van der Waals surface area contributed by atoms with Gasteiger partial charge >= 0.3 is 0 Å². The van der Waals surface area contributed by atoms with Crippen LogP contribution in [-0.2, 0) is 0 Å². The second-order valence-corrected chi connectivity index (χ2v) is 5.60.